The fourth-order valence-electron chi connectivity index (χ4n) is 1.23. The molecule has 3 heteroatoms. The van der Waals surface area contributed by atoms with Gasteiger partial charge in [0.15, 0.2) is 0 Å². The molecule has 2 aromatic heterocycles. The van der Waals surface area contributed by atoms with Crippen LogP contribution in [0.2, 0.25) is 0 Å². The van der Waals surface area contributed by atoms with Crippen molar-refractivity contribution in [2.75, 3.05) is 0 Å². The number of rotatable bonds is 1. The topological polar surface area (TPSA) is 30.7 Å². The predicted octanol–water partition coefficient (Wildman–Crippen LogP) is 1.88. The molecule has 0 spiro atoms. The van der Waals surface area contributed by atoms with Gasteiger partial charge < -0.3 is 0 Å². The summed E-state index contributed by atoms with van der Waals surface area (Å²) in [4.78, 5) is 4.13. The first kappa shape index (κ1) is 7.98. The smallest absolute Gasteiger partial charge is 0.0678 e. The summed E-state index contributed by atoms with van der Waals surface area (Å²) >= 11 is 0. The van der Waals surface area contributed by atoms with Gasteiger partial charge in [-0.15, -0.1) is 0 Å². The molecule has 0 aromatic carbocycles. The minimum absolute atomic E-state index is 1.01. The maximum Gasteiger partial charge on any atom is 0.0678 e. The lowest BCUT2D eigenvalue weighted by Crippen LogP contribution is -1.95. The van der Waals surface area contributed by atoms with E-state index in [4.69, 9.17) is 0 Å². The van der Waals surface area contributed by atoms with E-state index in [-0.39, 0.29) is 0 Å². The molecule has 2 heterocycles. The first-order chi connectivity index (χ1) is 6.25. The lowest BCUT2D eigenvalue weighted by atomic mass is 10.3. The minimum atomic E-state index is 1.01. The first-order valence-electron chi connectivity index (χ1n) is 4.20. The van der Waals surface area contributed by atoms with E-state index < -0.39 is 0 Å². The SMILES string of the molecule is Cc1cnn(-c2ccnc(C)c2)c1. The highest BCUT2D eigenvalue weighted by Gasteiger charge is 1.97. The summed E-state index contributed by atoms with van der Waals surface area (Å²) in [6.07, 6.45) is 5.63. The number of aromatic nitrogens is 3. The molecule has 0 N–H and O–H groups in total. The van der Waals surface area contributed by atoms with E-state index in [0.29, 0.717) is 0 Å². The lowest BCUT2D eigenvalue weighted by molar-refractivity contribution is 0.874. The van der Waals surface area contributed by atoms with E-state index in [0.717, 1.165) is 16.9 Å². The average molecular weight is 173 g/mol. The van der Waals surface area contributed by atoms with Gasteiger partial charge in [-0.1, -0.05) is 0 Å². The fraction of sp³-hybridized carbons (Fsp3) is 0.200. The zero-order valence-electron chi connectivity index (χ0n) is 7.73. The molecule has 0 radical (unpaired) electrons. The number of hydrogen-bond acceptors (Lipinski definition) is 2. The van der Waals surface area contributed by atoms with E-state index in [9.17, 15) is 0 Å². The van der Waals surface area contributed by atoms with Crippen molar-refractivity contribution in [3.8, 4) is 5.69 Å². The molecule has 2 rings (SSSR count). The van der Waals surface area contributed by atoms with Crippen LogP contribution >= 0.6 is 0 Å². The van der Waals surface area contributed by atoms with E-state index in [2.05, 4.69) is 10.1 Å². The van der Waals surface area contributed by atoms with Crippen LogP contribution in [0.25, 0.3) is 5.69 Å². The van der Waals surface area contributed by atoms with Gasteiger partial charge in [0, 0.05) is 18.1 Å². The Kier molecular flexibility index (Phi) is 1.85. The summed E-state index contributed by atoms with van der Waals surface area (Å²) in [6.45, 7) is 4.00. The number of nitrogens with zero attached hydrogens (tertiary/aromatic N) is 3. The van der Waals surface area contributed by atoms with Crippen molar-refractivity contribution >= 4 is 0 Å². The Balaban J connectivity index is 2.46. The fourth-order valence-corrected chi connectivity index (χ4v) is 1.23. The molecule has 0 saturated carbocycles. The second kappa shape index (κ2) is 3.01. The zero-order valence-corrected chi connectivity index (χ0v) is 7.73. The van der Waals surface area contributed by atoms with Crippen molar-refractivity contribution in [2.45, 2.75) is 13.8 Å². The van der Waals surface area contributed by atoms with Crippen molar-refractivity contribution in [3.63, 3.8) is 0 Å². The summed E-state index contributed by atoms with van der Waals surface area (Å²) in [6, 6.07) is 3.95. The highest BCUT2D eigenvalue weighted by atomic mass is 15.3. The Morgan fingerprint density at radius 1 is 1.31 bits per heavy atom. The van der Waals surface area contributed by atoms with Gasteiger partial charge in [-0.3, -0.25) is 4.98 Å². The van der Waals surface area contributed by atoms with Gasteiger partial charge in [0.25, 0.3) is 0 Å². The average Bonchev–Trinajstić information content (AvgIpc) is 2.52. The Bertz CT molecular complexity index is 418. The largest absolute Gasteiger partial charge is 0.261 e. The lowest BCUT2D eigenvalue weighted by Gasteiger charge is -2.00. The quantitative estimate of drug-likeness (QED) is 0.659. The van der Waals surface area contributed by atoms with Crippen LogP contribution in [0.5, 0.6) is 0 Å². The maximum absolute atomic E-state index is 4.22. The summed E-state index contributed by atoms with van der Waals surface area (Å²) in [5.41, 5.74) is 3.22. The van der Waals surface area contributed by atoms with Crippen molar-refractivity contribution in [1.82, 2.24) is 14.8 Å². The molecule has 0 aliphatic heterocycles. The van der Waals surface area contributed by atoms with Crippen LogP contribution in [0.3, 0.4) is 0 Å². The van der Waals surface area contributed by atoms with E-state index in [1.165, 1.54) is 0 Å². The normalized spacial score (nSPS) is 10.3. The van der Waals surface area contributed by atoms with Crippen LogP contribution in [0.15, 0.2) is 30.7 Å². The van der Waals surface area contributed by atoms with E-state index in [1.807, 2.05) is 43.1 Å². The molecule has 0 fully saturated rings. The van der Waals surface area contributed by atoms with Crippen LogP contribution in [-0.4, -0.2) is 14.8 Å². The van der Waals surface area contributed by atoms with Crippen molar-refractivity contribution in [2.24, 2.45) is 0 Å². The van der Waals surface area contributed by atoms with Crippen LogP contribution < -0.4 is 0 Å². The highest BCUT2D eigenvalue weighted by Crippen LogP contribution is 2.07. The molecular weight excluding hydrogens is 162 g/mol. The Labute approximate surface area is 77.0 Å². The number of hydrogen-bond donors (Lipinski definition) is 0. The van der Waals surface area contributed by atoms with Crippen LogP contribution in [0.1, 0.15) is 11.3 Å². The predicted molar refractivity (Wildman–Crippen MR) is 50.8 cm³/mol. The van der Waals surface area contributed by atoms with Gasteiger partial charge in [0.05, 0.1) is 11.9 Å². The van der Waals surface area contributed by atoms with E-state index in [1.54, 1.807) is 6.20 Å². The number of aryl methyl sites for hydroxylation is 2. The molecule has 13 heavy (non-hydrogen) atoms. The third kappa shape index (κ3) is 1.59. The molecule has 0 aliphatic carbocycles. The Morgan fingerprint density at radius 3 is 2.77 bits per heavy atom. The van der Waals surface area contributed by atoms with Crippen molar-refractivity contribution < 1.29 is 0 Å². The second-order valence-electron chi connectivity index (χ2n) is 3.12. The van der Waals surface area contributed by atoms with Crippen LogP contribution in [-0.2, 0) is 0 Å². The molecule has 0 saturated heterocycles. The van der Waals surface area contributed by atoms with Crippen LogP contribution in [0.4, 0.5) is 0 Å². The molecule has 3 nitrogen and oxygen atoms in total. The van der Waals surface area contributed by atoms with Gasteiger partial charge in [-0.25, -0.2) is 4.68 Å². The zero-order chi connectivity index (χ0) is 9.26. The summed E-state index contributed by atoms with van der Waals surface area (Å²) in [5, 5.41) is 4.22. The third-order valence-corrected chi connectivity index (χ3v) is 1.86. The van der Waals surface area contributed by atoms with Gasteiger partial charge in [0.1, 0.15) is 0 Å². The first-order valence-corrected chi connectivity index (χ1v) is 4.20. The monoisotopic (exact) mass is 173 g/mol. The molecule has 0 aliphatic rings. The molecule has 66 valence electrons. The molecule has 0 bridgehead atoms. The molecule has 0 atom stereocenters. The van der Waals surface area contributed by atoms with E-state index >= 15 is 0 Å². The Hall–Kier alpha value is -1.64. The van der Waals surface area contributed by atoms with Crippen LogP contribution in [0, 0.1) is 13.8 Å². The van der Waals surface area contributed by atoms with Gasteiger partial charge >= 0.3 is 0 Å². The molecule has 0 amide bonds. The summed E-state index contributed by atoms with van der Waals surface area (Å²) in [7, 11) is 0. The molecule has 2 aromatic rings. The Morgan fingerprint density at radius 2 is 2.15 bits per heavy atom. The molecular formula is C10H11N3. The van der Waals surface area contributed by atoms with Gasteiger partial charge in [-0.05, 0) is 31.5 Å². The van der Waals surface area contributed by atoms with Crippen molar-refractivity contribution in [1.29, 1.82) is 0 Å². The molecule has 0 unspecified atom stereocenters. The van der Waals surface area contributed by atoms with Gasteiger partial charge in [-0.2, -0.15) is 5.10 Å². The number of pyridine rings is 1. The maximum atomic E-state index is 4.22. The highest BCUT2D eigenvalue weighted by molar-refractivity contribution is 5.31. The third-order valence-electron chi connectivity index (χ3n) is 1.86. The summed E-state index contributed by atoms with van der Waals surface area (Å²) in [5.74, 6) is 0. The second-order valence-corrected chi connectivity index (χ2v) is 3.12. The van der Waals surface area contributed by atoms with Gasteiger partial charge in [0.2, 0.25) is 0 Å². The standard InChI is InChI=1S/C10H11N3/c1-8-6-12-13(7-8)10-3-4-11-9(2)5-10/h3-7H,1-2H3. The minimum Gasteiger partial charge on any atom is -0.261 e. The van der Waals surface area contributed by atoms with Crippen molar-refractivity contribution in [3.05, 3.63) is 42.0 Å². The summed E-state index contributed by atoms with van der Waals surface area (Å²) < 4.78 is 1.85.